The largest absolute Gasteiger partial charge is 0.342 e. The van der Waals surface area contributed by atoms with Crippen LogP contribution in [0.2, 0.25) is 0 Å². The van der Waals surface area contributed by atoms with Gasteiger partial charge in [-0.3, -0.25) is 0 Å². The van der Waals surface area contributed by atoms with Crippen LogP contribution in [-0.4, -0.2) is 9.97 Å². The monoisotopic (exact) mass is 450 g/mol. The summed E-state index contributed by atoms with van der Waals surface area (Å²) < 4.78 is 0. The molecule has 0 aliphatic heterocycles. The standard InChI is InChI=1S/C25H42N2.BrH/c1-3-4-5-6-7-8-9-10-11-12-13-14-15-16-19-22(2)25-26-23-20-17-18-21-24(23)27-25;/h17-18,20-22H,3-16,19H2,1-2H3,(H,26,27);1H. The molecule has 28 heavy (non-hydrogen) atoms. The van der Waals surface area contributed by atoms with Crippen LogP contribution < -0.4 is 0 Å². The number of benzene rings is 1. The maximum Gasteiger partial charge on any atom is 0.110 e. The summed E-state index contributed by atoms with van der Waals surface area (Å²) in [6, 6.07) is 8.34. The minimum Gasteiger partial charge on any atom is -0.342 e. The van der Waals surface area contributed by atoms with Crippen molar-refractivity contribution >= 4 is 28.0 Å². The van der Waals surface area contributed by atoms with E-state index in [0.29, 0.717) is 5.92 Å². The van der Waals surface area contributed by atoms with Crippen molar-refractivity contribution < 1.29 is 0 Å². The Morgan fingerprint density at radius 1 is 0.750 bits per heavy atom. The van der Waals surface area contributed by atoms with E-state index in [-0.39, 0.29) is 17.0 Å². The quantitative estimate of drug-likeness (QED) is 0.253. The van der Waals surface area contributed by atoms with E-state index < -0.39 is 0 Å². The van der Waals surface area contributed by atoms with Gasteiger partial charge < -0.3 is 4.98 Å². The summed E-state index contributed by atoms with van der Waals surface area (Å²) in [5, 5.41) is 0. The first kappa shape index (κ1) is 25.2. The van der Waals surface area contributed by atoms with Gasteiger partial charge in [0.25, 0.3) is 0 Å². The number of imidazole rings is 1. The van der Waals surface area contributed by atoms with E-state index in [1.54, 1.807) is 0 Å². The van der Waals surface area contributed by atoms with Gasteiger partial charge in [-0.15, -0.1) is 17.0 Å². The zero-order valence-electron chi connectivity index (χ0n) is 18.3. The van der Waals surface area contributed by atoms with Crippen LogP contribution in [-0.2, 0) is 0 Å². The van der Waals surface area contributed by atoms with Gasteiger partial charge in [0.15, 0.2) is 0 Å². The highest BCUT2D eigenvalue weighted by Gasteiger charge is 2.10. The zero-order valence-corrected chi connectivity index (χ0v) is 20.1. The molecule has 0 saturated carbocycles. The van der Waals surface area contributed by atoms with Crippen molar-refractivity contribution in [2.24, 2.45) is 0 Å². The predicted molar refractivity (Wildman–Crippen MR) is 130 cm³/mol. The Bertz CT molecular complexity index is 574. The van der Waals surface area contributed by atoms with Crippen LogP contribution in [0, 0.1) is 0 Å². The second-order valence-electron chi connectivity index (χ2n) is 8.43. The van der Waals surface area contributed by atoms with E-state index in [2.05, 4.69) is 43.1 Å². The van der Waals surface area contributed by atoms with Crippen molar-refractivity contribution in [3.63, 3.8) is 0 Å². The van der Waals surface area contributed by atoms with E-state index in [0.717, 1.165) is 11.3 Å². The molecule has 2 rings (SSSR count). The number of hydrogen-bond acceptors (Lipinski definition) is 1. The Hall–Kier alpha value is -0.830. The molecule has 0 aliphatic rings. The van der Waals surface area contributed by atoms with Gasteiger partial charge in [-0.05, 0) is 18.6 Å². The first-order valence-corrected chi connectivity index (χ1v) is 11.8. The summed E-state index contributed by atoms with van der Waals surface area (Å²) in [7, 11) is 0. The number of nitrogens with zero attached hydrogens (tertiary/aromatic N) is 1. The molecule has 0 amide bonds. The summed E-state index contributed by atoms with van der Waals surface area (Å²) in [4.78, 5) is 8.23. The Kier molecular flexibility index (Phi) is 14.4. The molecule has 160 valence electrons. The predicted octanol–water partition coefficient (Wildman–Crippen LogP) is 9.12. The molecule has 0 aliphatic carbocycles. The first-order chi connectivity index (χ1) is 13.3. The average molecular weight is 452 g/mol. The number of hydrogen-bond donors (Lipinski definition) is 1. The van der Waals surface area contributed by atoms with Crippen LogP contribution >= 0.6 is 17.0 Å². The van der Waals surface area contributed by atoms with Crippen LogP contribution in [0.1, 0.15) is 122 Å². The van der Waals surface area contributed by atoms with Gasteiger partial charge in [0.1, 0.15) is 5.82 Å². The number of aromatic nitrogens is 2. The molecule has 1 aromatic heterocycles. The molecule has 2 nitrogen and oxygen atoms in total. The van der Waals surface area contributed by atoms with Crippen LogP contribution in [0.25, 0.3) is 11.0 Å². The molecular weight excluding hydrogens is 408 g/mol. The van der Waals surface area contributed by atoms with Crippen LogP contribution in [0.5, 0.6) is 0 Å². The van der Waals surface area contributed by atoms with Gasteiger partial charge in [0.2, 0.25) is 0 Å². The molecule has 1 aromatic carbocycles. The Labute approximate surface area is 184 Å². The Morgan fingerprint density at radius 2 is 1.25 bits per heavy atom. The smallest absolute Gasteiger partial charge is 0.110 e. The topological polar surface area (TPSA) is 28.7 Å². The van der Waals surface area contributed by atoms with Crippen LogP contribution in [0.3, 0.4) is 0 Å². The molecule has 3 heteroatoms. The molecule has 0 fully saturated rings. The third-order valence-electron chi connectivity index (χ3n) is 5.87. The lowest BCUT2D eigenvalue weighted by atomic mass is 10.0. The van der Waals surface area contributed by atoms with Crippen molar-refractivity contribution in [1.29, 1.82) is 0 Å². The fourth-order valence-electron chi connectivity index (χ4n) is 3.99. The SMILES string of the molecule is Br.CCCCCCCCCCCCCCCCC(C)c1nc2ccccc2[nH]1. The van der Waals surface area contributed by atoms with Gasteiger partial charge in [-0.2, -0.15) is 0 Å². The third-order valence-corrected chi connectivity index (χ3v) is 5.87. The van der Waals surface area contributed by atoms with Gasteiger partial charge >= 0.3 is 0 Å². The number of aromatic amines is 1. The van der Waals surface area contributed by atoms with Crippen molar-refractivity contribution in [1.82, 2.24) is 9.97 Å². The second kappa shape index (κ2) is 16.0. The summed E-state index contributed by atoms with van der Waals surface area (Å²) in [5.74, 6) is 1.70. The molecular formula is C25H43BrN2. The van der Waals surface area contributed by atoms with Crippen molar-refractivity contribution in [3.05, 3.63) is 30.1 Å². The summed E-state index contributed by atoms with van der Waals surface area (Å²) in [5.41, 5.74) is 2.26. The normalized spacial score (nSPS) is 12.2. The summed E-state index contributed by atoms with van der Waals surface area (Å²) >= 11 is 0. The number of halogens is 1. The van der Waals surface area contributed by atoms with Gasteiger partial charge in [-0.25, -0.2) is 4.98 Å². The summed E-state index contributed by atoms with van der Waals surface area (Å²) in [6.07, 6.45) is 21.2. The molecule has 1 unspecified atom stereocenters. The molecule has 1 heterocycles. The number of para-hydroxylation sites is 2. The van der Waals surface area contributed by atoms with E-state index in [1.807, 2.05) is 0 Å². The van der Waals surface area contributed by atoms with Gasteiger partial charge in [0, 0.05) is 5.92 Å². The van der Waals surface area contributed by atoms with E-state index in [9.17, 15) is 0 Å². The van der Waals surface area contributed by atoms with E-state index >= 15 is 0 Å². The van der Waals surface area contributed by atoms with Crippen molar-refractivity contribution in [2.45, 2.75) is 116 Å². The molecule has 0 saturated heterocycles. The first-order valence-electron chi connectivity index (χ1n) is 11.8. The lowest BCUT2D eigenvalue weighted by Gasteiger charge is -2.08. The minimum atomic E-state index is 0. The number of nitrogens with one attached hydrogen (secondary N) is 1. The van der Waals surface area contributed by atoms with Crippen molar-refractivity contribution in [3.8, 4) is 0 Å². The highest BCUT2D eigenvalue weighted by Crippen LogP contribution is 2.22. The van der Waals surface area contributed by atoms with Crippen LogP contribution in [0.4, 0.5) is 0 Å². The zero-order chi connectivity index (χ0) is 19.2. The molecule has 0 spiro atoms. The summed E-state index contributed by atoms with van der Waals surface area (Å²) in [6.45, 7) is 4.60. The Balaban J connectivity index is 0.00000392. The van der Waals surface area contributed by atoms with Gasteiger partial charge in [-0.1, -0.05) is 116 Å². The molecule has 2 aromatic rings. The van der Waals surface area contributed by atoms with Gasteiger partial charge in [0.05, 0.1) is 11.0 Å². The fraction of sp³-hybridized carbons (Fsp3) is 0.720. The van der Waals surface area contributed by atoms with Crippen molar-refractivity contribution in [2.75, 3.05) is 0 Å². The van der Waals surface area contributed by atoms with E-state index in [4.69, 9.17) is 4.98 Å². The maximum atomic E-state index is 4.74. The highest BCUT2D eigenvalue weighted by molar-refractivity contribution is 8.93. The number of fused-ring (bicyclic) bond motifs is 1. The van der Waals surface area contributed by atoms with Crippen LogP contribution in [0.15, 0.2) is 24.3 Å². The molecule has 1 N–H and O–H groups in total. The lowest BCUT2D eigenvalue weighted by Crippen LogP contribution is -1.96. The maximum absolute atomic E-state index is 4.74. The third kappa shape index (κ3) is 10.1. The van der Waals surface area contributed by atoms with E-state index in [1.165, 1.54) is 102 Å². The molecule has 1 atom stereocenters. The lowest BCUT2D eigenvalue weighted by molar-refractivity contribution is 0.521. The number of H-pyrrole nitrogens is 1. The Morgan fingerprint density at radius 3 is 1.79 bits per heavy atom. The highest BCUT2D eigenvalue weighted by atomic mass is 79.9. The molecule has 0 radical (unpaired) electrons. The fourth-order valence-corrected chi connectivity index (χ4v) is 3.99. The number of unbranched alkanes of at least 4 members (excludes halogenated alkanes) is 13. The molecule has 0 bridgehead atoms. The second-order valence-corrected chi connectivity index (χ2v) is 8.43. The number of rotatable bonds is 16. The average Bonchev–Trinajstić information content (AvgIpc) is 3.12. The minimum absolute atomic E-state index is 0.